The first kappa shape index (κ1) is 13.0. The van der Waals surface area contributed by atoms with Crippen LogP contribution in [0.4, 0.5) is 0 Å². The van der Waals surface area contributed by atoms with Crippen LogP contribution in [0.3, 0.4) is 0 Å². The van der Waals surface area contributed by atoms with Gasteiger partial charge in [0.1, 0.15) is 0 Å². The SMILES string of the molecule is N#CCCCS(=O)(=O)O.[H-].[Na+]. The predicted molar refractivity (Wildman–Crippen MR) is 32.4 cm³/mol. The van der Waals surface area contributed by atoms with Gasteiger partial charge in [-0.2, -0.15) is 13.7 Å². The molecule has 0 aliphatic heterocycles. The third-order valence-corrected chi connectivity index (χ3v) is 1.50. The first-order chi connectivity index (χ1) is 4.06. The van der Waals surface area contributed by atoms with Crippen LogP contribution in [-0.4, -0.2) is 18.7 Å². The molecule has 1 N–H and O–H groups in total. The van der Waals surface area contributed by atoms with Gasteiger partial charge in [-0.3, -0.25) is 4.55 Å². The molecule has 0 aliphatic carbocycles. The zero-order valence-electron chi connectivity index (χ0n) is 6.74. The molecule has 0 spiro atoms. The Kier molecular flexibility index (Phi) is 7.99. The number of unbranched alkanes of at least 4 members (excludes halogenated alkanes) is 1. The Morgan fingerprint density at radius 3 is 2.40 bits per heavy atom. The molecule has 0 unspecified atom stereocenters. The zero-order chi connectivity index (χ0) is 7.33. The van der Waals surface area contributed by atoms with Gasteiger partial charge in [0.15, 0.2) is 0 Å². The monoisotopic (exact) mass is 173 g/mol. The normalized spacial score (nSPS) is 9.60. The van der Waals surface area contributed by atoms with Crippen molar-refractivity contribution in [3.05, 3.63) is 0 Å². The Bertz CT molecular complexity index is 210. The van der Waals surface area contributed by atoms with Gasteiger partial charge in [0.05, 0.1) is 11.8 Å². The molecule has 0 saturated heterocycles. The van der Waals surface area contributed by atoms with E-state index < -0.39 is 10.1 Å². The molecule has 0 aromatic carbocycles. The standard InChI is InChI=1S/C4H7NO3S.Na.H/c5-3-1-2-4-9(6,7)8;;/h1-2,4H2,(H,6,7,8);;/q;+1;-1. The molecule has 0 saturated carbocycles. The molecular formula is C4H8NNaO3S. The van der Waals surface area contributed by atoms with Crippen LogP contribution in [-0.2, 0) is 10.1 Å². The van der Waals surface area contributed by atoms with Gasteiger partial charge in [-0.1, -0.05) is 0 Å². The van der Waals surface area contributed by atoms with Crippen LogP contribution in [0, 0.1) is 11.3 Å². The molecule has 0 aromatic heterocycles. The molecule has 0 bridgehead atoms. The van der Waals surface area contributed by atoms with Crippen LogP contribution >= 0.6 is 0 Å². The average molecular weight is 173 g/mol. The fourth-order valence-corrected chi connectivity index (χ4v) is 0.843. The van der Waals surface area contributed by atoms with Crippen molar-refractivity contribution in [1.82, 2.24) is 0 Å². The van der Waals surface area contributed by atoms with E-state index in [9.17, 15) is 8.42 Å². The Morgan fingerprint density at radius 2 is 2.10 bits per heavy atom. The second kappa shape index (κ2) is 6.13. The van der Waals surface area contributed by atoms with Crippen LogP contribution in [0.15, 0.2) is 0 Å². The minimum Gasteiger partial charge on any atom is -1.00 e. The molecule has 4 nitrogen and oxygen atoms in total. The van der Waals surface area contributed by atoms with Gasteiger partial charge < -0.3 is 1.43 Å². The van der Waals surface area contributed by atoms with Gasteiger partial charge in [0, 0.05) is 6.42 Å². The van der Waals surface area contributed by atoms with Gasteiger partial charge in [-0.05, 0) is 6.42 Å². The molecule has 0 heterocycles. The van der Waals surface area contributed by atoms with E-state index in [0.717, 1.165) is 0 Å². The van der Waals surface area contributed by atoms with Crippen molar-refractivity contribution in [3.8, 4) is 6.07 Å². The number of rotatable bonds is 3. The largest absolute Gasteiger partial charge is 1.00 e. The van der Waals surface area contributed by atoms with Crippen LogP contribution in [0.5, 0.6) is 0 Å². The van der Waals surface area contributed by atoms with Crippen LogP contribution in [0.25, 0.3) is 0 Å². The fraction of sp³-hybridized carbons (Fsp3) is 0.750. The van der Waals surface area contributed by atoms with Crippen LogP contribution in [0.1, 0.15) is 14.3 Å². The van der Waals surface area contributed by atoms with E-state index in [0.29, 0.717) is 0 Å². The Labute approximate surface area is 83.8 Å². The van der Waals surface area contributed by atoms with Crippen molar-refractivity contribution in [3.63, 3.8) is 0 Å². The van der Waals surface area contributed by atoms with E-state index in [1.807, 2.05) is 0 Å². The molecule has 0 radical (unpaired) electrons. The maximum atomic E-state index is 9.95. The smallest absolute Gasteiger partial charge is 1.00 e. The molecule has 0 aromatic rings. The van der Waals surface area contributed by atoms with Crippen molar-refractivity contribution in [2.75, 3.05) is 5.75 Å². The van der Waals surface area contributed by atoms with Gasteiger partial charge in [-0.15, -0.1) is 0 Å². The molecule has 0 rings (SSSR count). The summed E-state index contributed by atoms with van der Waals surface area (Å²) in [6.45, 7) is 0. The molecular weight excluding hydrogens is 165 g/mol. The molecule has 0 fully saturated rings. The van der Waals surface area contributed by atoms with E-state index in [2.05, 4.69) is 0 Å². The minimum atomic E-state index is -3.85. The quantitative estimate of drug-likeness (QED) is 0.286. The van der Waals surface area contributed by atoms with Crippen molar-refractivity contribution in [1.29, 1.82) is 5.26 Å². The minimum absolute atomic E-state index is 0. The van der Waals surface area contributed by atoms with E-state index in [-0.39, 0.29) is 49.6 Å². The molecule has 0 atom stereocenters. The van der Waals surface area contributed by atoms with E-state index in [1.165, 1.54) is 0 Å². The first-order valence-electron chi connectivity index (χ1n) is 2.38. The molecule has 10 heavy (non-hydrogen) atoms. The summed E-state index contributed by atoms with van der Waals surface area (Å²) in [5, 5.41) is 7.94. The zero-order valence-corrected chi connectivity index (χ0v) is 8.56. The predicted octanol–water partition coefficient (Wildman–Crippen LogP) is -2.71. The number of nitrogens with zero attached hydrogens (tertiary/aromatic N) is 1. The van der Waals surface area contributed by atoms with Crippen molar-refractivity contribution in [2.24, 2.45) is 0 Å². The average Bonchev–Trinajstić information content (AvgIpc) is 1.63. The van der Waals surface area contributed by atoms with Crippen LogP contribution < -0.4 is 29.6 Å². The summed E-state index contributed by atoms with van der Waals surface area (Å²) in [5.41, 5.74) is 0. The summed E-state index contributed by atoms with van der Waals surface area (Å²) in [4.78, 5) is 0. The van der Waals surface area contributed by atoms with E-state index in [1.54, 1.807) is 6.07 Å². The summed E-state index contributed by atoms with van der Waals surface area (Å²) < 4.78 is 28.0. The summed E-state index contributed by atoms with van der Waals surface area (Å²) in [6.07, 6.45) is 0.370. The van der Waals surface area contributed by atoms with Gasteiger partial charge in [0.25, 0.3) is 10.1 Å². The summed E-state index contributed by atoms with van der Waals surface area (Å²) >= 11 is 0. The maximum absolute atomic E-state index is 9.95. The molecule has 54 valence electrons. The first-order valence-corrected chi connectivity index (χ1v) is 3.99. The van der Waals surface area contributed by atoms with Crippen molar-refractivity contribution >= 4 is 10.1 Å². The molecule has 0 amide bonds. The summed E-state index contributed by atoms with van der Waals surface area (Å²) in [5.74, 6) is -0.319. The Balaban J connectivity index is -0.000000320. The van der Waals surface area contributed by atoms with Gasteiger partial charge in [-0.25, -0.2) is 0 Å². The second-order valence-electron chi connectivity index (χ2n) is 1.55. The molecule has 6 heteroatoms. The third-order valence-electron chi connectivity index (χ3n) is 0.691. The summed E-state index contributed by atoms with van der Waals surface area (Å²) in [7, 11) is -3.85. The van der Waals surface area contributed by atoms with Crippen molar-refractivity contribution < 1.29 is 44.0 Å². The second-order valence-corrected chi connectivity index (χ2v) is 3.12. The van der Waals surface area contributed by atoms with E-state index in [4.69, 9.17) is 9.81 Å². The fourth-order valence-electron chi connectivity index (χ4n) is 0.334. The number of nitriles is 1. The third kappa shape index (κ3) is 11.2. The number of hydrogen-bond donors (Lipinski definition) is 1. The van der Waals surface area contributed by atoms with Gasteiger partial charge in [0.2, 0.25) is 0 Å². The maximum Gasteiger partial charge on any atom is 1.00 e. The topological polar surface area (TPSA) is 78.2 Å². The Hall–Kier alpha value is 0.400. The van der Waals surface area contributed by atoms with Gasteiger partial charge >= 0.3 is 29.6 Å². The van der Waals surface area contributed by atoms with E-state index >= 15 is 0 Å². The molecule has 0 aliphatic rings. The Morgan fingerprint density at radius 1 is 1.60 bits per heavy atom. The number of hydrogen-bond acceptors (Lipinski definition) is 3. The van der Waals surface area contributed by atoms with Crippen LogP contribution in [0.2, 0.25) is 0 Å². The van der Waals surface area contributed by atoms with Crippen molar-refractivity contribution in [2.45, 2.75) is 12.8 Å². The summed E-state index contributed by atoms with van der Waals surface area (Å²) in [6, 6.07) is 1.76.